The number of nitrogens with zero attached hydrogens (tertiary/aromatic N) is 2. The van der Waals surface area contributed by atoms with Gasteiger partial charge in [0.2, 0.25) is 5.95 Å². The number of aromatic nitrogens is 2. The first kappa shape index (κ1) is 11.7. The lowest BCUT2D eigenvalue weighted by Crippen LogP contribution is -2.16. The van der Waals surface area contributed by atoms with Gasteiger partial charge >= 0.3 is 0 Å². The second-order valence-corrected chi connectivity index (χ2v) is 5.76. The van der Waals surface area contributed by atoms with Gasteiger partial charge in [0, 0.05) is 12.1 Å². The van der Waals surface area contributed by atoms with E-state index < -0.39 is 0 Å². The summed E-state index contributed by atoms with van der Waals surface area (Å²) in [5.41, 5.74) is 8.12. The van der Waals surface area contributed by atoms with Gasteiger partial charge in [-0.3, -0.25) is 0 Å². The molecule has 96 valence electrons. The SMILES string of the molecule is COc1ccc2c(c1)nc(N)n2C1CCSCC1. The van der Waals surface area contributed by atoms with E-state index in [-0.39, 0.29) is 0 Å². The van der Waals surface area contributed by atoms with Crippen molar-refractivity contribution in [2.75, 3.05) is 24.3 Å². The van der Waals surface area contributed by atoms with Crippen LogP contribution in [0.5, 0.6) is 5.75 Å². The third kappa shape index (κ3) is 1.92. The molecular weight excluding hydrogens is 246 g/mol. The van der Waals surface area contributed by atoms with Crippen molar-refractivity contribution in [1.82, 2.24) is 9.55 Å². The highest BCUT2D eigenvalue weighted by Crippen LogP contribution is 2.33. The van der Waals surface area contributed by atoms with E-state index in [1.807, 2.05) is 23.9 Å². The molecule has 1 aromatic heterocycles. The Bertz CT molecular complexity index is 561. The summed E-state index contributed by atoms with van der Waals surface area (Å²) in [6.45, 7) is 0. The second kappa shape index (κ2) is 4.72. The van der Waals surface area contributed by atoms with Gasteiger partial charge in [0.05, 0.1) is 18.1 Å². The van der Waals surface area contributed by atoms with Crippen LogP contribution in [-0.4, -0.2) is 28.2 Å². The zero-order valence-electron chi connectivity index (χ0n) is 10.4. The fraction of sp³-hybridized carbons (Fsp3) is 0.462. The Kier molecular flexibility index (Phi) is 3.07. The smallest absolute Gasteiger partial charge is 0.201 e. The van der Waals surface area contributed by atoms with Gasteiger partial charge in [0.1, 0.15) is 5.75 Å². The molecule has 5 heteroatoms. The first-order valence-corrected chi connectivity index (χ1v) is 7.34. The van der Waals surface area contributed by atoms with Crippen LogP contribution in [0.2, 0.25) is 0 Å². The van der Waals surface area contributed by atoms with E-state index in [0.717, 1.165) is 16.8 Å². The lowest BCUT2D eigenvalue weighted by Gasteiger charge is -2.24. The molecule has 0 atom stereocenters. The molecule has 0 unspecified atom stereocenters. The van der Waals surface area contributed by atoms with Crippen LogP contribution in [0.15, 0.2) is 18.2 Å². The van der Waals surface area contributed by atoms with E-state index >= 15 is 0 Å². The summed E-state index contributed by atoms with van der Waals surface area (Å²) < 4.78 is 7.41. The predicted octanol–water partition coefficient (Wildman–Crippen LogP) is 2.70. The largest absolute Gasteiger partial charge is 0.497 e. The third-order valence-electron chi connectivity index (χ3n) is 3.48. The second-order valence-electron chi connectivity index (χ2n) is 4.54. The van der Waals surface area contributed by atoms with E-state index in [1.54, 1.807) is 7.11 Å². The summed E-state index contributed by atoms with van der Waals surface area (Å²) in [5.74, 6) is 3.86. The molecule has 1 saturated heterocycles. The number of nitrogens with two attached hydrogens (primary N) is 1. The number of thioether (sulfide) groups is 1. The molecule has 1 aliphatic rings. The summed E-state index contributed by atoms with van der Waals surface area (Å²) in [6, 6.07) is 6.46. The van der Waals surface area contributed by atoms with Gasteiger partial charge in [-0.1, -0.05) is 0 Å². The summed E-state index contributed by atoms with van der Waals surface area (Å²) in [7, 11) is 1.67. The highest BCUT2D eigenvalue weighted by molar-refractivity contribution is 7.99. The Morgan fingerprint density at radius 3 is 2.89 bits per heavy atom. The molecule has 1 aliphatic heterocycles. The monoisotopic (exact) mass is 263 g/mol. The van der Waals surface area contributed by atoms with Crippen LogP contribution in [0.1, 0.15) is 18.9 Å². The molecular formula is C13H17N3OS. The number of nitrogen functional groups attached to an aromatic ring is 1. The van der Waals surface area contributed by atoms with Crippen LogP contribution in [0.25, 0.3) is 11.0 Å². The van der Waals surface area contributed by atoms with Crippen LogP contribution < -0.4 is 10.5 Å². The van der Waals surface area contributed by atoms with E-state index in [0.29, 0.717) is 12.0 Å². The maximum absolute atomic E-state index is 6.08. The topological polar surface area (TPSA) is 53.1 Å². The summed E-state index contributed by atoms with van der Waals surface area (Å²) in [6.07, 6.45) is 2.35. The van der Waals surface area contributed by atoms with Crippen molar-refractivity contribution >= 4 is 28.7 Å². The fourth-order valence-corrected chi connectivity index (χ4v) is 3.63. The minimum absolute atomic E-state index is 0.490. The highest BCUT2D eigenvalue weighted by atomic mass is 32.2. The molecule has 2 heterocycles. The molecule has 0 radical (unpaired) electrons. The Morgan fingerprint density at radius 2 is 2.17 bits per heavy atom. The van der Waals surface area contributed by atoms with E-state index in [9.17, 15) is 0 Å². The normalized spacial score (nSPS) is 17.2. The number of methoxy groups -OCH3 is 1. The maximum Gasteiger partial charge on any atom is 0.201 e. The molecule has 0 saturated carbocycles. The van der Waals surface area contributed by atoms with Crippen LogP contribution in [-0.2, 0) is 0 Å². The van der Waals surface area contributed by atoms with Crippen LogP contribution >= 0.6 is 11.8 Å². The molecule has 0 amide bonds. The number of benzene rings is 1. The molecule has 2 aromatic rings. The number of hydrogen-bond donors (Lipinski definition) is 1. The first-order valence-electron chi connectivity index (χ1n) is 6.19. The summed E-state index contributed by atoms with van der Waals surface area (Å²) >= 11 is 2.02. The predicted molar refractivity (Wildman–Crippen MR) is 76.3 cm³/mol. The van der Waals surface area contributed by atoms with Crippen molar-refractivity contribution in [3.05, 3.63) is 18.2 Å². The number of ether oxygens (including phenoxy) is 1. The van der Waals surface area contributed by atoms with Gasteiger partial charge in [0.25, 0.3) is 0 Å². The van der Waals surface area contributed by atoms with Gasteiger partial charge < -0.3 is 15.0 Å². The summed E-state index contributed by atoms with van der Waals surface area (Å²) in [5, 5.41) is 0. The quantitative estimate of drug-likeness (QED) is 0.905. The zero-order chi connectivity index (χ0) is 12.5. The van der Waals surface area contributed by atoms with Crippen LogP contribution in [0, 0.1) is 0 Å². The third-order valence-corrected chi connectivity index (χ3v) is 4.53. The highest BCUT2D eigenvalue weighted by Gasteiger charge is 2.20. The molecule has 0 aliphatic carbocycles. The number of imidazole rings is 1. The fourth-order valence-electron chi connectivity index (χ4n) is 2.55. The van der Waals surface area contributed by atoms with E-state index in [2.05, 4.69) is 15.6 Å². The minimum Gasteiger partial charge on any atom is -0.497 e. The standard InChI is InChI=1S/C13H17N3OS/c1-17-10-2-3-12-11(8-10)15-13(14)16(12)9-4-6-18-7-5-9/h2-3,8-9H,4-7H2,1H3,(H2,14,15). The van der Waals surface area contributed by atoms with E-state index in [1.165, 1.54) is 24.3 Å². The van der Waals surface area contributed by atoms with Crippen molar-refractivity contribution in [1.29, 1.82) is 0 Å². The van der Waals surface area contributed by atoms with Gasteiger partial charge in [-0.2, -0.15) is 11.8 Å². The molecule has 1 aromatic carbocycles. The number of rotatable bonds is 2. The summed E-state index contributed by atoms with van der Waals surface area (Å²) in [4.78, 5) is 4.45. The van der Waals surface area contributed by atoms with Crippen molar-refractivity contribution in [3.8, 4) is 5.75 Å². The Labute approximate surface area is 111 Å². The number of fused-ring (bicyclic) bond motifs is 1. The van der Waals surface area contributed by atoms with Crippen molar-refractivity contribution in [2.24, 2.45) is 0 Å². The van der Waals surface area contributed by atoms with Crippen LogP contribution in [0.3, 0.4) is 0 Å². The lowest BCUT2D eigenvalue weighted by atomic mass is 10.1. The molecule has 0 spiro atoms. The average Bonchev–Trinajstić information content (AvgIpc) is 2.74. The van der Waals surface area contributed by atoms with Crippen LogP contribution in [0.4, 0.5) is 5.95 Å². The Hall–Kier alpha value is -1.36. The molecule has 4 nitrogen and oxygen atoms in total. The molecule has 18 heavy (non-hydrogen) atoms. The van der Waals surface area contributed by atoms with Crippen molar-refractivity contribution in [2.45, 2.75) is 18.9 Å². The van der Waals surface area contributed by atoms with Gasteiger partial charge in [-0.15, -0.1) is 0 Å². The molecule has 3 rings (SSSR count). The minimum atomic E-state index is 0.490. The average molecular weight is 263 g/mol. The van der Waals surface area contributed by atoms with Gasteiger partial charge in [0.15, 0.2) is 0 Å². The maximum atomic E-state index is 6.08. The Morgan fingerprint density at radius 1 is 1.39 bits per heavy atom. The van der Waals surface area contributed by atoms with Gasteiger partial charge in [-0.05, 0) is 36.5 Å². The number of hydrogen-bond acceptors (Lipinski definition) is 4. The zero-order valence-corrected chi connectivity index (χ0v) is 11.2. The number of anilines is 1. The molecule has 1 fully saturated rings. The molecule has 0 bridgehead atoms. The van der Waals surface area contributed by atoms with Crippen molar-refractivity contribution in [3.63, 3.8) is 0 Å². The van der Waals surface area contributed by atoms with Crippen molar-refractivity contribution < 1.29 is 4.74 Å². The lowest BCUT2D eigenvalue weighted by molar-refractivity contribution is 0.415. The first-order chi connectivity index (χ1) is 8.79. The molecule has 2 N–H and O–H groups in total. The Balaban J connectivity index is 2.07. The van der Waals surface area contributed by atoms with E-state index in [4.69, 9.17) is 10.5 Å². The van der Waals surface area contributed by atoms with Gasteiger partial charge in [-0.25, -0.2) is 4.98 Å².